The molecule has 0 radical (unpaired) electrons. The fourth-order valence-electron chi connectivity index (χ4n) is 2.80. The minimum absolute atomic E-state index is 0.538. The molecule has 3 rings (SSSR count). The van der Waals surface area contributed by atoms with Crippen molar-refractivity contribution in [2.75, 3.05) is 10.6 Å². The average Bonchev–Trinajstić information content (AvgIpc) is 2.95. The van der Waals surface area contributed by atoms with Gasteiger partial charge in [0.15, 0.2) is 0 Å². The van der Waals surface area contributed by atoms with Gasteiger partial charge >= 0.3 is 0 Å². The Balaban J connectivity index is 1.77. The summed E-state index contributed by atoms with van der Waals surface area (Å²) in [6.45, 7) is 3.90. The zero-order valence-corrected chi connectivity index (χ0v) is 13.7. The fraction of sp³-hybridized carbons (Fsp3) is 0.412. The van der Waals surface area contributed by atoms with Crippen LogP contribution in [0, 0.1) is 13.8 Å². The monoisotopic (exact) mass is 316 g/mol. The van der Waals surface area contributed by atoms with Crippen molar-refractivity contribution in [2.24, 2.45) is 0 Å². The number of aromatic nitrogens is 2. The normalized spacial score (nSPS) is 15.0. The third-order valence-electron chi connectivity index (χ3n) is 3.99. The van der Waals surface area contributed by atoms with Crippen molar-refractivity contribution in [3.05, 3.63) is 40.7 Å². The van der Waals surface area contributed by atoms with Gasteiger partial charge in [0, 0.05) is 22.8 Å². The van der Waals surface area contributed by atoms with Crippen LogP contribution in [0.15, 0.2) is 24.3 Å². The topological polar surface area (TPSA) is 49.8 Å². The van der Waals surface area contributed by atoms with E-state index in [-0.39, 0.29) is 0 Å². The summed E-state index contributed by atoms with van der Waals surface area (Å²) in [6.07, 6.45) is 5.04. The van der Waals surface area contributed by atoms with Crippen molar-refractivity contribution in [1.29, 1.82) is 0 Å². The third-order valence-corrected chi connectivity index (χ3v) is 4.40. The first kappa shape index (κ1) is 15.1. The molecule has 1 aromatic carbocycles. The van der Waals surface area contributed by atoms with Gasteiger partial charge in [-0.2, -0.15) is 0 Å². The number of anilines is 3. The summed E-state index contributed by atoms with van der Waals surface area (Å²) in [6, 6.07) is 8.41. The van der Waals surface area contributed by atoms with Crippen LogP contribution >= 0.6 is 11.6 Å². The highest BCUT2D eigenvalue weighted by atomic mass is 35.5. The van der Waals surface area contributed by atoms with E-state index < -0.39 is 0 Å². The lowest BCUT2D eigenvalue weighted by Gasteiger charge is -2.14. The molecule has 22 heavy (non-hydrogen) atoms. The van der Waals surface area contributed by atoms with Gasteiger partial charge in [-0.25, -0.2) is 9.97 Å². The lowest BCUT2D eigenvalue weighted by molar-refractivity contribution is 0.748. The molecule has 1 fully saturated rings. The van der Waals surface area contributed by atoms with E-state index in [0.717, 1.165) is 33.7 Å². The maximum Gasteiger partial charge on any atom is 0.136 e. The first-order valence-corrected chi connectivity index (χ1v) is 8.13. The molecule has 1 aromatic heterocycles. The summed E-state index contributed by atoms with van der Waals surface area (Å²) in [5.74, 6) is 2.43. The van der Waals surface area contributed by atoms with Gasteiger partial charge in [-0.15, -0.1) is 0 Å². The van der Waals surface area contributed by atoms with Crippen LogP contribution in [0.3, 0.4) is 0 Å². The second-order valence-corrected chi connectivity index (χ2v) is 6.31. The second kappa shape index (κ2) is 6.53. The van der Waals surface area contributed by atoms with E-state index in [0.29, 0.717) is 6.04 Å². The summed E-state index contributed by atoms with van der Waals surface area (Å²) in [5.41, 5.74) is 2.00. The number of nitrogens with zero attached hydrogens (tertiary/aromatic N) is 2. The van der Waals surface area contributed by atoms with Crippen LogP contribution < -0.4 is 10.6 Å². The van der Waals surface area contributed by atoms with Gasteiger partial charge in [-0.3, -0.25) is 0 Å². The summed E-state index contributed by atoms with van der Waals surface area (Å²) in [7, 11) is 0. The van der Waals surface area contributed by atoms with Crippen LogP contribution in [0.2, 0.25) is 5.02 Å². The molecule has 0 amide bonds. The zero-order chi connectivity index (χ0) is 15.5. The molecule has 1 saturated carbocycles. The number of hydrogen-bond donors (Lipinski definition) is 2. The van der Waals surface area contributed by atoms with Crippen molar-refractivity contribution in [3.8, 4) is 0 Å². The molecule has 116 valence electrons. The Labute approximate surface area is 136 Å². The van der Waals surface area contributed by atoms with E-state index >= 15 is 0 Å². The first-order valence-electron chi connectivity index (χ1n) is 7.75. The molecule has 1 aliphatic carbocycles. The molecule has 0 aliphatic heterocycles. The van der Waals surface area contributed by atoms with Gasteiger partial charge in [0.25, 0.3) is 0 Å². The number of aryl methyl sites for hydroxylation is 2. The number of nitrogens with one attached hydrogen (secondary N) is 2. The molecular weight excluding hydrogens is 296 g/mol. The summed E-state index contributed by atoms with van der Waals surface area (Å²) < 4.78 is 0. The molecule has 0 spiro atoms. The lowest BCUT2D eigenvalue weighted by Crippen LogP contribution is -2.16. The van der Waals surface area contributed by atoms with E-state index in [2.05, 4.69) is 20.6 Å². The zero-order valence-electron chi connectivity index (χ0n) is 13.0. The second-order valence-electron chi connectivity index (χ2n) is 5.90. The lowest BCUT2D eigenvalue weighted by atomic mass is 10.2. The Bertz CT molecular complexity index is 666. The summed E-state index contributed by atoms with van der Waals surface area (Å²) in [4.78, 5) is 8.93. The molecule has 4 nitrogen and oxygen atoms in total. The predicted octanol–water partition coefficient (Wildman–Crippen LogP) is 4.84. The van der Waals surface area contributed by atoms with E-state index in [4.69, 9.17) is 11.6 Å². The van der Waals surface area contributed by atoms with Crippen molar-refractivity contribution in [1.82, 2.24) is 9.97 Å². The average molecular weight is 317 g/mol. The molecule has 2 N–H and O–H groups in total. The maximum absolute atomic E-state index is 6.17. The molecule has 0 bridgehead atoms. The van der Waals surface area contributed by atoms with Crippen LogP contribution in [0.5, 0.6) is 0 Å². The van der Waals surface area contributed by atoms with Crippen molar-refractivity contribution < 1.29 is 0 Å². The molecular formula is C17H21ClN4. The van der Waals surface area contributed by atoms with Crippen molar-refractivity contribution in [3.63, 3.8) is 0 Å². The number of halogens is 1. The Morgan fingerprint density at radius 1 is 1.05 bits per heavy atom. The van der Waals surface area contributed by atoms with Gasteiger partial charge in [0.2, 0.25) is 0 Å². The molecule has 0 saturated heterocycles. The van der Waals surface area contributed by atoms with Crippen molar-refractivity contribution in [2.45, 2.75) is 45.6 Å². The molecule has 2 aromatic rings. The van der Waals surface area contributed by atoms with Gasteiger partial charge in [0.05, 0.1) is 0 Å². The Morgan fingerprint density at radius 2 is 1.77 bits per heavy atom. The van der Waals surface area contributed by atoms with Gasteiger partial charge in [-0.05, 0) is 44.4 Å². The highest BCUT2D eigenvalue weighted by Gasteiger charge is 2.15. The maximum atomic E-state index is 6.17. The SMILES string of the molecule is Cc1nc(Nc2ccc(C)c(Cl)c2)cc(NC2CCCC2)n1. The molecule has 0 atom stereocenters. The van der Waals surface area contributed by atoms with Crippen LogP contribution in [0.25, 0.3) is 0 Å². The minimum atomic E-state index is 0.538. The highest BCUT2D eigenvalue weighted by molar-refractivity contribution is 6.31. The molecule has 1 heterocycles. The van der Waals surface area contributed by atoms with E-state index in [1.807, 2.05) is 38.1 Å². The van der Waals surface area contributed by atoms with E-state index in [9.17, 15) is 0 Å². The summed E-state index contributed by atoms with van der Waals surface area (Å²) in [5, 5.41) is 7.56. The summed E-state index contributed by atoms with van der Waals surface area (Å²) >= 11 is 6.17. The Kier molecular flexibility index (Phi) is 4.48. The molecule has 5 heteroatoms. The fourth-order valence-corrected chi connectivity index (χ4v) is 2.98. The predicted molar refractivity (Wildman–Crippen MR) is 92.1 cm³/mol. The van der Waals surface area contributed by atoms with Gasteiger partial charge in [0.1, 0.15) is 17.5 Å². The largest absolute Gasteiger partial charge is 0.367 e. The highest BCUT2D eigenvalue weighted by Crippen LogP contribution is 2.25. The Morgan fingerprint density at radius 3 is 2.50 bits per heavy atom. The van der Waals surface area contributed by atoms with Gasteiger partial charge < -0.3 is 10.6 Å². The van der Waals surface area contributed by atoms with Crippen molar-refractivity contribution >= 4 is 28.9 Å². The van der Waals surface area contributed by atoms with E-state index in [1.165, 1.54) is 25.7 Å². The van der Waals surface area contributed by atoms with Crippen LogP contribution in [0.4, 0.5) is 17.3 Å². The molecule has 0 unspecified atom stereocenters. The van der Waals surface area contributed by atoms with Crippen LogP contribution in [-0.2, 0) is 0 Å². The van der Waals surface area contributed by atoms with Gasteiger partial charge in [-0.1, -0.05) is 30.5 Å². The standard InChI is InChI=1S/C17H21ClN4/c1-11-7-8-14(9-15(11)18)22-17-10-16(19-12(2)20-17)21-13-5-3-4-6-13/h7-10,13H,3-6H2,1-2H3,(H2,19,20,21,22). The third kappa shape index (κ3) is 3.69. The number of benzene rings is 1. The van der Waals surface area contributed by atoms with E-state index in [1.54, 1.807) is 0 Å². The number of hydrogen-bond acceptors (Lipinski definition) is 4. The minimum Gasteiger partial charge on any atom is -0.367 e. The number of rotatable bonds is 4. The molecule has 1 aliphatic rings. The Hall–Kier alpha value is -1.81. The van der Waals surface area contributed by atoms with Crippen LogP contribution in [0.1, 0.15) is 37.1 Å². The first-order chi connectivity index (χ1) is 10.6. The smallest absolute Gasteiger partial charge is 0.136 e. The quantitative estimate of drug-likeness (QED) is 0.847. The van der Waals surface area contributed by atoms with Crippen LogP contribution in [-0.4, -0.2) is 16.0 Å².